The van der Waals surface area contributed by atoms with Crippen molar-refractivity contribution < 1.29 is 89.0 Å². The van der Waals surface area contributed by atoms with Gasteiger partial charge < -0.3 is 63.4 Å². The monoisotopic (exact) mass is 1330 g/mol. The molecular formula is C67H92N5O19S2+. The maximum absolute atomic E-state index is 14.2. The first-order chi connectivity index (χ1) is 43.5. The van der Waals surface area contributed by atoms with Crippen LogP contribution >= 0.6 is 11.3 Å². The van der Waals surface area contributed by atoms with Gasteiger partial charge in [-0.05, 0) is 144 Å². The van der Waals surface area contributed by atoms with E-state index in [0.717, 1.165) is 22.3 Å². The number of aliphatic imine (C=N–C) groups is 1. The largest absolute Gasteiger partial charge is 0.487 e. The van der Waals surface area contributed by atoms with Crippen LogP contribution in [0.3, 0.4) is 0 Å². The zero-order valence-electron chi connectivity index (χ0n) is 56.1. The summed E-state index contributed by atoms with van der Waals surface area (Å²) in [5.74, 6) is -4.70. The van der Waals surface area contributed by atoms with E-state index in [9.17, 15) is 42.0 Å². The van der Waals surface area contributed by atoms with Gasteiger partial charge in [0.15, 0.2) is 57.3 Å². The number of hydrogen-bond acceptors (Lipinski definition) is 21. The Labute approximate surface area is 547 Å². The van der Waals surface area contributed by atoms with E-state index in [1.165, 1.54) is 11.3 Å². The lowest BCUT2D eigenvalue weighted by Gasteiger charge is -2.28. The molecule has 2 aromatic carbocycles. The van der Waals surface area contributed by atoms with E-state index >= 15 is 0 Å². The minimum Gasteiger partial charge on any atom is -0.487 e. The highest BCUT2D eigenvalue weighted by Gasteiger charge is 2.38. The Bertz CT molecular complexity index is 3670. The van der Waals surface area contributed by atoms with Crippen molar-refractivity contribution in [1.82, 2.24) is 15.2 Å². The zero-order valence-corrected chi connectivity index (χ0v) is 57.7. The highest BCUT2D eigenvalue weighted by atomic mass is 32.2. The van der Waals surface area contributed by atoms with Gasteiger partial charge in [-0.15, -0.1) is 11.3 Å². The molecule has 2 aromatic heterocycles. The Morgan fingerprint density at radius 1 is 0.763 bits per heavy atom. The molecule has 0 radical (unpaired) electrons. The van der Waals surface area contributed by atoms with Crippen LogP contribution in [0.4, 0.5) is 0 Å². The third-order valence-corrected chi connectivity index (χ3v) is 18.1. The summed E-state index contributed by atoms with van der Waals surface area (Å²) in [5.41, 5.74) is 8.56. The number of rotatable bonds is 28. The first-order valence-electron chi connectivity index (χ1n) is 31.4. The summed E-state index contributed by atoms with van der Waals surface area (Å²) in [6.45, 7) is 26.6. The second-order valence-electron chi connectivity index (χ2n) is 27.1. The first kappa shape index (κ1) is 73.0. The Morgan fingerprint density at radius 2 is 1.42 bits per heavy atom. The molecule has 0 aliphatic carbocycles. The molecule has 2 amide bonds. The lowest BCUT2D eigenvalue weighted by molar-refractivity contribution is -0.165. The van der Waals surface area contributed by atoms with E-state index in [4.69, 9.17) is 52.8 Å². The first-order valence-corrected chi connectivity index (χ1v) is 33.9. The van der Waals surface area contributed by atoms with Crippen molar-refractivity contribution in [3.05, 3.63) is 57.5 Å². The number of Topliss-reactive ketones (excluding diaryl/α,β-unsaturated/α-hetero) is 2. The highest BCUT2D eigenvalue weighted by molar-refractivity contribution is 7.92. The molecule has 4 N–H and O–H groups in total. The van der Waals surface area contributed by atoms with Gasteiger partial charge >= 0.3 is 23.5 Å². The number of amidine groups is 1. The fourth-order valence-corrected chi connectivity index (χ4v) is 13.6. The second-order valence-corrected chi connectivity index (χ2v) is 29.9. The second kappa shape index (κ2) is 30.8. The third-order valence-electron chi connectivity index (χ3n) is 15.2. The molecule has 24 nitrogen and oxygen atoms in total. The lowest BCUT2D eigenvalue weighted by atomic mass is 9.94. The number of hydrogen-bond donors (Lipinski definition) is 3. The zero-order chi connectivity index (χ0) is 68.4. The van der Waals surface area contributed by atoms with Gasteiger partial charge in [0.2, 0.25) is 18.6 Å². The number of carbonyl (C=O) groups is 7. The number of sulfone groups is 1. The Morgan fingerprint density at radius 3 is 2.09 bits per heavy atom. The van der Waals surface area contributed by atoms with Crippen LogP contribution in [0.25, 0.3) is 21.4 Å². The minimum absolute atomic E-state index is 0.0577. The number of thiophene rings is 1. The molecule has 1 unspecified atom stereocenters. The average molecular weight is 1340 g/mol. The van der Waals surface area contributed by atoms with E-state index < -0.39 is 143 Å². The number of benzene rings is 2. The number of ether oxygens (including phenoxy) is 9. The van der Waals surface area contributed by atoms with E-state index in [2.05, 4.69) is 15.6 Å². The summed E-state index contributed by atoms with van der Waals surface area (Å²) in [7, 11) is -4.01. The fraction of sp³-hybridized carbons (Fsp3) is 0.597. The number of fused-ring (bicyclic) bond motifs is 3. The molecule has 3 atom stereocenters. The fourth-order valence-electron chi connectivity index (χ4n) is 10.8. The maximum atomic E-state index is 14.2. The molecule has 7 rings (SSSR count). The Kier molecular flexibility index (Phi) is 24.1. The van der Waals surface area contributed by atoms with Gasteiger partial charge in [0.1, 0.15) is 65.3 Å². The number of esters is 3. The van der Waals surface area contributed by atoms with Crippen molar-refractivity contribution in [2.75, 3.05) is 65.2 Å². The molecule has 3 aliphatic heterocycles. The summed E-state index contributed by atoms with van der Waals surface area (Å²) in [6, 6.07) is 4.63. The number of nitrogens with one attached hydrogen (secondary N) is 2. The molecule has 4 aromatic rings. The summed E-state index contributed by atoms with van der Waals surface area (Å²) in [5, 5.41) is 7.19. The quantitative estimate of drug-likeness (QED) is 0.00946. The minimum atomic E-state index is -4.01. The molecule has 26 heteroatoms. The summed E-state index contributed by atoms with van der Waals surface area (Å²) >= 11 is 1.37. The molecule has 5 heterocycles. The topological polar surface area (TPSA) is 315 Å². The molecule has 93 heavy (non-hydrogen) atoms. The van der Waals surface area contributed by atoms with Crippen molar-refractivity contribution >= 4 is 78.6 Å². The summed E-state index contributed by atoms with van der Waals surface area (Å²) < 4.78 is 89.3. The van der Waals surface area contributed by atoms with Gasteiger partial charge in [0, 0.05) is 55.2 Å². The number of ketones is 2. The van der Waals surface area contributed by atoms with E-state index in [0.29, 0.717) is 95.9 Å². The molecule has 0 bridgehead atoms. The Hall–Kier alpha value is -7.42. The molecule has 0 spiro atoms. The van der Waals surface area contributed by atoms with Crippen molar-refractivity contribution in [1.29, 1.82) is 0 Å². The summed E-state index contributed by atoms with van der Waals surface area (Å²) in [4.78, 5) is 100. The predicted octanol–water partition coefficient (Wildman–Crippen LogP) is 7.43. The van der Waals surface area contributed by atoms with Crippen molar-refractivity contribution in [3.63, 3.8) is 0 Å². The normalized spacial score (nSPS) is 15.9. The van der Waals surface area contributed by atoms with Crippen LogP contribution in [0.1, 0.15) is 150 Å². The van der Waals surface area contributed by atoms with Gasteiger partial charge in [0.05, 0.1) is 54.0 Å². The SMILES string of the molecule is Cc1c(C)c(S(=O)(=O)CC(N)=NCCC[C@H](NC(=O)CCC(=O)OCOc2cc(=[N+]3CCOCC3)oc3c(-c4ccc5c(c4)OCCO5)csc23)C(=O)CCC(=O)N[C@@H](CC(=O)OC(C)(C)C)C(=O)CC(COC(C)(C)C)C(=O)OC(C)(C)C)c(C)c2c1OC(C)(C)C2. The van der Waals surface area contributed by atoms with Crippen molar-refractivity contribution in [3.8, 4) is 34.1 Å². The third kappa shape index (κ3) is 21.0. The summed E-state index contributed by atoms with van der Waals surface area (Å²) in [6.07, 6.45) is -2.32. The molecule has 0 saturated carbocycles. The van der Waals surface area contributed by atoms with Crippen LogP contribution in [-0.4, -0.2) is 155 Å². The maximum Gasteiger partial charge on any atom is 0.371 e. The van der Waals surface area contributed by atoms with Crippen LogP contribution in [0, 0.1) is 26.7 Å². The standard InChI is InChI=1S/C67H91N5O19S2/c1-39-40(2)62(41(3)44-34-67(13,14)90-59(39)44)93(80,81)37-53(68)69-23-15-16-46(48(73)18-20-54(75)71-47(32-58(78)89-65(7,8)9)49(74)30-43(35-87-64(4,5)6)63(79)91-66(10,11)12)70-55(76)21-22-57(77)86-38-85-52-33-56(72-24-26-82-27-25-72)88-60-45(36-92-61(52)60)42-17-19-50-51(31-42)84-29-28-83-50/h17,19,31,33,36,43,46-47H,15-16,18,20-30,32,34-35,37-38H2,1-14H3,(H3-,68,69,70,71,75,76)/p+1/t43?,46-,47-/m0/s1. The average Bonchev–Trinajstić information content (AvgIpc) is 1.67. The number of nitrogens with two attached hydrogens (primary N) is 1. The molecular weight excluding hydrogens is 1240 g/mol. The van der Waals surface area contributed by atoms with Crippen LogP contribution in [-0.2, 0) is 73.5 Å². The lowest BCUT2D eigenvalue weighted by Crippen LogP contribution is -2.45. The van der Waals surface area contributed by atoms with Gasteiger partial charge in [-0.25, -0.2) is 8.42 Å². The van der Waals surface area contributed by atoms with Crippen molar-refractivity contribution in [2.24, 2.45) is 16.6 Å². The van der Waals surface area contributed by atoms with Gasteiger partial charge in [0.25, 0.3) is 0 Å². The van der Waals surface area contributed by atoms with E-state index in [-0.39, 0.29) is 36.7 Å². The smallest absolute Gasteiger partial charge is 0.371 e. The van der Waals surface area contributed by atoms with Gasteiger partial charge in [-0.1, -0.05) is 6.07 Å². The van der Waals surface area contributed by atoms with E-state index in [1.54, 1.807) is 82.2 Å². The molecule has 1 saturated heterocycles. The van der Waals surface area contributed by atoms with Crippen LogP contribution in [0.5, 0.6) is 23.0 Å². The number of amides is 2. The van der Waals surface area contributed by atoms with Gasteiger partial charge in [-0.2, -0.15) is 4.58 Å². The Balaban J connectivity index is 1.03. The van der Waals surface area contributed by atoms with Crippen LogP contribution < -0.4 is 45.4 Å². The molecule has 3 aliphatic rings. The van der Waals surface area contributed by atoms with Crippen LogP contribution in [0.15, 0.2) is 44.0 Å². The van der Waals surface area contributed by atoms with Crippen LogP contribution in [0.2, 0.25) is 0 Å². The molecule has 1 fully saturated rings. The number of morpholine rings is 1. The predicted molar refractivity (Wildman–Crippen MR) is 347 cm³/mol. The van der Waals surface area contributed by atoms with Gasteiger partial charge in [-0.3, -0.25) is 38.6 Å². The molecule has 510 valence electrons. The number of carbonyl (C=O) groups excluding carboxylic acids is 7. The van der Waals surface area contributed by atoms with Crippen molar-refractivity contribution in [2.45, 2.75) is 194 Å². The highest BCUT2D eigenvalue weighted by Crippen LogP contribution is 2.45. The number of nitrogens with zero attached hydrogens (tertiary/aromatic N) is 2. The van der Waals surface area contributed by atoms with E-state index in [1.807, 2.05) is 48.9 Å².